The standard InChI is InChI=1S/C28H36BrN5O2/c1-19(2)15-16-33(27(36)30-22-13-9-8-12-21(22)29)18-26(35)31-25-17-24(28(4,5)6)32-34(25)23-14-10-7-11-20(23)3/h7-14,17,19H,15-16,18H2,1-6H3,(H,30,36)(H,31,35). The first-order chi connectivity index (χ1) is 17.0. The van der Waals surface area contributed by atoms with Crippen LogP contribution in [0.25, 0.3) is 5.69 Å². The molecule has 2 aromatic carbocycles. The molecule has 36 heavy (non-hydrogen) atoms. The molecule has 0 fully saturated rings. The van der Waals surface area contributed by atoms with Gasteiger partial charge in [0.25, 0.3) is 0 Å². The molecule has 0 bridgehead atoms. The third-order valence-electron chi connectivity index (χ3n) is 5.80. The molecule has 0 spiro atoms. The molecule has 192 valence electrons. The zero-order valence-corrected chi connectivity index (χ0v) is 23.5. The molecule has 0 atom stereocenters. The number of carbonyl (C=O) groups is 2. The van der Waals surface area contributed by atoms with Crippen molar-refractivity contribution in [1.82, 2.24) is 14.7 Å². The summed E-state index contributed by atoms with van der Waals surface area (Å²) in [5, 5.41) is 10.7. The van der Waals surface area contributed by atoms with Gasteiger partial charge in [-0.05, 0) is 59.0 Å². The van der Waals surface area contributed by atoms with Crippen LogP contribution in [0.4, 0.5) is 16.3 Å². The molecule has 0 aliphatic rings. The maximum absolute atomic E-state index is 13.2. The SMILES string of the molecule is Cc1ccccc1-n1nc(C(C)(C)C)cc1NC(=O)CN(CCC(C)C)C(=O)Nc1ccccc1Br. The number of nitrogens with one attached hydrogen (secondary N) is 2. The van der Waals surface area contributed by atoms with E-state index in [1.807, 2.05) is 61.5 Å². The summed E-state index contributed by atoms with van der Waals surface area (Å²) >= 11 is 3.46. The molecule has 0 radical (unpaired) electrons. The van der Waals surface area contributed by atoms with Gasteiger partial charge >= 0.3 is 6.03 Å². The van der Waals surface area contributed by atoms with Crippen molar-refractivity contribution in [2.75, 3.05) is 23.7 Å². The minimum atomic E-state index is -0.319. The van der Waals surface area contributed by atoms with Crippen molar-refractivity contribution in [3.8, 4) is 5.69 Å². The first-order valence-corrected chi connectivity index (χ1v) is 13.0. The van der Waals surface area contributed by atoms with Crippen LogP contribution >= 0.6 is 15.9 Å². The van der Waals surface area contributed by atoms with E-state index in [2.05, 4.69) is 61.2 Å². The number of carbonyl (C=O) groups excluding carboxylic acids is 2. The summed E-state index contributed by atoms with van der Waals surface area (Å²) in [5.74, 6) is 0.689. The number of halogens is 1. The monoisotopic (exact) mass is 553 g/mol. The molecule has 0 saturated carbocycles. The molecule has 1 aromatic heterocycles. The van der Waals surface area contributed by atoms with Crippen LogP contribution in [-0.2, 0) is 10.2 Å². The van der Waals surface area contributed by atoms with Gasteiger partial charge in [0, 0.05) is 22.5 Å². The molecule has 8 heteroatoms. The van der Waals surface area contributed by atoms with Crippen molar-refractivity contribution in [3.63, 3.8) is 0 Å². The van der Waals surface area contributed by atoms with E-state index in [-0.39, 0.29) is 23.9 Å². The fourth-order valence-electron chi connectivity index (χ4n) is 3.60. The third kappa shape index (κ3) is 7.20. The van der Waals surface area contributed by atoms with E-state index in [1.165, 1.54) is 0 Å². The second kappa shape index (κ2) is 11.7. The Morgan fingerprint density at radius 1 is 1.06 bits per heavy atom. The minimum absolute atomic E-state index is 0.0766. The number of aryl methyl sites for hydroxylation is 1. The maximum Gasteiger partial charge on any atom is 0.322 e. The lowest BCUT2D eigenvalue weighted by Crippen LogP contribution is -2.41. The van der Waals surface area contributed by atoms with Crippen LogP contribution in [0, 0.1) is 12.8 Å². The second-order valence-electron chi connectivity index (χ2n) is 10.4. The lowest BCUT2D eigenvalue weighted by atomic mass is 9.92. The molecule has 3 rings (SSSR count). The number of para-hydroxylation sites is 2. The summed E-state index contributed by atoms with van der Waals surface area (Å²) in [7, 11) is 0. The molecular weight excluding hydrogens is 518 g/mol. The van der Waals surface area contributed by atoms with Crippen molar-refractivity contribution in [3.05, 3.63) is 70.3 Å². The molecular formula is C28H36BrN5O2. The number of hydrogen-bond donors (Lipinski definition) is 2. The average Bonchev–Trinajstić information content (AvgIpc) is 3.22. The van der Waals surface area contributed by atoms with E-state index in [0.717, 1.165) is 27.8 Å². The highest BCUT2D eigenvalue weighted by Crippen LogP contribution is 2.27. The van der Waals surface area contributed by atoms with Crippen molar-refractivity contribution >= 4 is 39.4 Å². The fraction of sp³-hybridized carbons (Fsp3) is 0.393. The highest BCUT2D eigenvalue weighted by molar-refractivity contribution is 9.10. The number of nitrogens with zero attached hydrogens (tertiary/aromatic N) is 3. The Labute approximate surface area is 222 Å². The molecule has 1 heterocycles. The summed E-state index contributed by atoms with van der Waals surface area (Å²) in [6.07, 6.45) is 0.784. The molecule has 0 aliphatic carbocycles. The maximum atomic E-state index is 13.2. The predicted octanol–water partition coefficient (Wildman–Crippen LogP) is 6.76. The van der Waals surface area contributed by atoms with Crippen LogP contribution in [0.1, 0.15) is 52.3 Å². The number of urea groups is 1. The highest BCUT2D eigenvalue weighted by Gasteiger charge is 2.24. The van der Waals surface area contributed by atoms with Gasteiger partial charge in [0.05, 0.1) is 17.1 Å². The Hall–Kier alpha value is -3.13. The van der Waals surface area contributed by atoms with Crippen LogP contribution in [-0.4, -0.2) is 39.7 Å². The van der Waals surface area contributed by atoms with E-state index in [4.69, 9.17) is 5.10 Å². The molecule has 2 N–H and O–H groups in total. The molecule has 3 aromatic rings. The molecule has 3 amide bonds. The minimum Gasteiger partial charge on any atom is -0.315 e. The molecule has 0 saturated heterocycles. The van der Waals surface area contributed by atoms with Gasteiger partial charge in [0.15, 0.2) is 0 Å². The van der Waals surface area contributed by atoms with Crippen molar-refractivity contribution in [2.45, 2.75) is 53.4 Å². The number of benzene rings is 2. The van der Waals surface area contributed by atoms with Crippen molar-refractivity contribution < 1.29 is 9.59 Å². The lowest BCUT2D eigenvalue weighted by Gasteiger charge is -2.24. The van der Waals surface area contributed by atoms with Gasteiger partial charge in [-0.1, -0.05) is 65.0 Å². The Morgan fingerprint density at radius 3 is 2.36 bits per heavy atom. The Kier molecular flexibility index (Phi) is 8.95. The topological polar surface area (TPSA) is 79.3 Å². The number of hydrogen-bond acceptors (Lipinski definition) is 3. The number of anilines is 2. The molecule has 0 aliphatic heterocycles. The zero-order valence-electron chi connectivity index (χ0n) is 21.9. The quantitative estimate of drug-likeness (QED) is 0.323. The predicted molar refractivity (Wildman–Crippen MR) is 150 cm³/mol. The van der Waals surface area contributed by atoms with Crippen LogP contribution in [0.2, 0.25) is 0 Å². The van der Waals surface area contributed by atoms with E-state index in [1.54, 1.807) is 9.58 Å². The van der Waals surface area contributed by atoms with E-state index in [9.17, 15) is 9.59 Å². The molecule has 0 unspecified atom stereocenters. The number of rotatable bonds is 8. The summed E-state index contributed by atoms with van der Waals surface area (Å²) in [4.78, 5) is 27.9. The van der Waals surface area contributed by atoms with Crippen LogP contribution < -0.4 is 10.6 Å². The normalized spacial score (nSPS) is 11.4. The Balaban J connectivity index is 1.84. The van der Waals surface area contributed by atoms with Gasteiger partial charge in [0.1, 0.15) is 12.4 Å². The second-order valence-corrected chi connectivity index (χ2v) is 11.3. The van der Waals surface area contributed by atoms with Gasteiger partial charge in [-0.2, -0.15) is 5.10 Å². The van der Waals surface area contributed by atoms with Crippen molar-refractivity contribution in [1.29, 1.82) is 0 Å². The number of amides is 3. The van der Waals surface area contributed by atoms with Crippen molar-refractivity contribution in [2.24, 2.45) is 5.92 Å². The van der Waals surface area contributed by atoms with Crippen LogP contribution in [0.5, 0.6) is 0 Å². The fourth-order valence-corrected chi connectivity index (χ4v) is 3.98. The van der Waals surface area contributed by atoms with Crippen LogP contribution in [0.15, 0.2) is 59.1 Å². The van der Waals surface area contributed by atoms with Gasteiger partial charge in [0.2, 0.25) is 5.91 Å². The highest BCUT2D eigenvalue weighted by atomic mass is 79.9. The van der Waals surface area contributed by atoms with Gasteiger partial charge in [-0.3, -0.25) is 4.79 Å². The first-order valence-electron chi connectivity index (χ1n) is 12.2. The average molecular weight is 555 g/mol. The van der Waals surface area contributed by atoms with Gasteiger partial charge in [-0.25, -0.2) is 9.48 Å². The Morgan fingerprint density at radius 2 is 1.72 bits per heavy atom. The summed E-state index contributed by atoms with van der Waals surface area (Å²) < 4.78 is 2.55. The van der Waals surface area contributed by atoms with E-state index < -0.39 is 0 Å². The Bertz CT molecular complexity index is 1210. The summed E-state index contributed by atoms with van der Waals surface area (Å²) in [5.41, 5.74) is 3.27. The summed E-state index contributed by atoms with van der Waals surface area (Å²) in [6, 6.07) is 16.9. The number of aromatic nitrogens is 2. The molecule has 7 nitrogen and oxygen atoms in total. The largest absolute Gasteiger partial charge is 0.322 e. The van der Waals surface area contributed by atoms with Crippen LogP contribution in [0.3, 0.4) is 0 Å². The van der Waals surface area contributed by atoms with E-state index >= 15 is 0 Å². The van der Waals surface area contributed by atoms with E-state index in [0.29, 0.717) is 24.0 Å². The smallest absolute Gasteiger partial charge is 0.315 e. The third-order valence-corrected chi connectivity index (χ3v) is 6.49. The zero-order chi connectivity index (χ0) is 26.5. The van der Waals surface area contributed by atoms with Gasteiger partial charge in [-0.15, -0.1) is 0 Å². The first kappa shape index (κ1) is 27.5. The summed E-state index contributed by atoms with van der Waals surface area (Å²) in [6.45, 7) is 12.9. The van der Waals surface area contributed by atoms with Gasteiger partial charge < -0.3 is 15.5 Å². The lowest BCUT2D eigenvalue weighted by molar-refractivity contribution is -0.116.